The summed E-state index contributed by atoms with van der Waals surface area (Å²) in [6, 6.07) is 8.73. The molecule has 0 aliphatic carbocycles. The molecule has 0 spiro atoms. The van der Waals surface area contributed by atoms with Crippen molar-refractivity contribution in [2.75, 3.05) is 25.0 Å². The molecule has 1 atom stereocenters. The highest BCUT2D eigenvalue weighted by molar-refractivity contribution is 5.90. The Morgan fingerprint density at radius 3 is 2.67 bits per heavy atom. The van der Waals surface area contributed by atoms with Gasteiger partial charge in [0.05, 0.1) is 0 Å². The average molecular weight is 376 g/mol. The lowest BCUT2D eigenvalue weighted by Gasteiger charge is -2.18. The summed E-state index contributed by atoms with van der Waals surface area (Å²) in [6.45, 7) is 8.46. The second-order valence-electron chi connectivity index (χ2n) is 6.04. The summed E-state index contributed by atoms with van der Waals surface area (Å²) >= 11 is 0. The van der Waals surface area contributed by atoms with Crippen LogP contribution in [0.25, 0.3) is 0 Å². The maximum atomic E-state index is 12.1. The third-order valence-electron chi connectivity index (χ3n) is 4.39. The Balaban J connectivity index is 0.00000264. The molecule has 0 aromatic heterocycles. The van der Waals surface area contributed by atoms with Crippen LogP contribution >= 0.6 is 24.8 Å². The molecule has 2 rings (SSSR count). The molecule has 1 saturated heterocycles. The van der Waals surface area contributed by atoms with Crippen LogP contribution in [0.5, 0.6) is 0 Å². The minimum absolute atomic E-state index is 0. The standard InChI is InChI=1S/C18H29N3O.2ClH/c1-3-21(4-2)14-15-7-5-8-17(13-15)20-18(22)11-10-16-9-6-12-19-16;;/h5,7-8,13,16,19H,3-4,6,9-12,14H2,1-2H3,(H,20,22);2*1H. The van der Waals surface area contributed by atoms with E-state index in [9.17, 15) is 4.79 Å². The van der Waals surface area contributed by atoms with Gasteiger partial charge in [0, 0.05) is 24.7 Å². The van der Waals surface area contributed by atoms with Gasteiger partial charge in [0.1, 0.15) is 0 Å². The van der Waals surface area contributed by atoms with Crippen molar-refractivity contribution < 1.29 is 4.79 Å². The lowest BCUT2D eigenvalue weighted by molar-refractivity contribution is -0.116. The Labute approximate surface area is 158 Å². The van der Waals surface area contributed by atoms with Gasteiger partial charge in [-0.25, -0.2) is 0 Å². The Kier molecular flexibility index (Phi) is 12.1. The van der Waals surface area contributed by atoms with Gasteiger partial charge in [0.25, 0.3) is 0 Å². The third kappa shape index (κ3) is 7.84. The fourth-order valence-electron chi connectivity index (χ4n) is 2.98. The van der Waals surface area contributed by atoms with Crippen molar-refractivity contribution in [3.63, 3.8) is 0 Å². The zero-order chi connectivity index (χ0) is 15.8. The van der Waals surface area contributed by atoms with E-state index < -0.39 is 0 Å². The van der Waals surface area contributed by atoms with Crippen LogP contribution in [0.4, 0.5) is 5.69 Å². The normalized spacial score (nSPS) is 16.4. The van der Waals surface area contributed by atoms with E-state index in [1.165, 1.54) is 18.4 Å². The highest BCUT2D eigenvalue weighted by Crippen LogP contribution is 2.15. The lowest BCUT2D eigenvalue weighted by Crippen LogP contribution is -2.24. The first kappa shape index (κ1) is 23.2. The molecule has 2 N–H and O–H groups in total. The summed E-state index contributed by atoms with van der Waals surface area (Å²) < 4.78 is 0. The summed E-state index contributed by atoms with van der Waals surface area (Å²) in [7, 11) is 0. The van der Waals surface area contributed by atoms with Gasteiger partial charge in [-0.1, -0.05) is 26.0 Å². The molecule has 1 aromatic rings. The number of anilines is 1. The lowest BCUT2D eigenvalue weighted by atomic mass is 10.1. The molecule has 1 fully saturated rings. The van der Waals surface area contributed by atoms with Gasteiger partial charge in [-0.2, -0.15) is 0 Å². The Hall–Kier alpha value is -0.810. The van der Waals surface area contributed by atoms with Gasteiger partial charge >= 0.3 is 0 Å². The number of nitrogens with zero attached hydrogens (tertiary/aromatic N) is 1. The number of amides is 1. The molecule has 4 nitrogen and oxygen atoms in total. The van der Waals surface area contributed by atoms with Crippen LogP contribution in [0.3, 0.4) is 0 Å². The van der Waals surface area contributed by atoms with Crippen LogP contribution in [0.15, 0.2) is 24.3 Å². The molecule has 1 heterocycles. The highest BCUT2D eigenvalue weighted by atomic mass is 35.5. The number of halogens is 2. The zero-order valence-corrected chi connectivity index (χ0v) is 16.3. The largest absolute Gasteiger partial charge is 0.326 e. The van der Waals surface area contributed by atoms with Crippen LogP contribution in [0, 0.1) is 0 Å². The van der Waals surface area contributed by atoms with Crippen LogP contribution in [0.1, 0.15) is 45.1 Å². The number of benzene rings is 1. The summed E-state index contributed by atoms with van der Waals surface area (Å²) in [5.74, 6) is 0.119. The van der Waals surface area contributed by atoms with Crippen molar-refractivity contribution in [3.05, 3.63) is 29.8 Å². The van der Waals surface area contributed by atoms with E-state index in [1.54, 1.807) is 0 Å². The van der Waals surface area contributed by atoms with E-state index in [0.717, 1.165) is 38.3 Å². The summed E-state index contributed by atoms with van der Waals surface area (Å²) in [6.07, 6.45) is 3.97. The maximum Gasteiger partial charge on any atom is 0.224 e. The molecule has 0 bridgehead atoms. The third-order valence-corrected chi connectivity index (χ3v) is 4.39. The number of nitrogens with one attached hydrogen (secondary N) is 2. The topological polar surface area (TPSA) is 44.4 Å². The molecule has 6 heteroatoms. The first-order valence-corrected chi connectivity index (χ1v) is 8.55. The van der Waals surface area contributed by atoms with E-state index in [0.29, 0.717) is 12.5 Å². The number of hydrogen-bond donors (Lipinski definition) is 2. The summed E-state index contributed by atoms with van der Waals surface area (Å²) in [5.41, 5.74) is 2.16. The van der Waals surface area contributed by atoms with E-state index in [2.05, 4.69) is 41.5 Å². The highest BCUT2D eigenvalue weighted by Gasteiger charge is 2.15. The first-order chi connectivity index (χ1) is 10.7. The molecule has 1 unspecified atom stereocenters. The monoisotopic (exact) mass is 375 g/mol. The van der Waals surface area contributed by atoms with Crippen LogP contribution in [0.2, 0.25) is 0 Å². The fraction of sp³-hybridized carbons (Fsp3) is 0.611. The first-order valence-electron chi connectivity index (χ1n) is 8.55. The van der Waals surface area contributed by atoms with Crippen molar-refractivity contribution in [3.8, 4) is 0 Å². The van der Waals surface area contributed by atoms with Crippen molar-refractivity contribution >= 4 is 36.4 Å². The predicted octanol–water partition coefficient (Wildman–Crippen LogP) is 3.84. The molecule has 0 saturated carbocycles. The van der Waals surface area contributed by atoms with Crippen molar-refractivity contribution in [2.45, 2.75) is 52.1 Å². The molecule has 0 radical (unpaired) electrons. The van der Waals surface area contributed by atoms with Crippen molar-refractivity contribution in [1.82, 2.24) is 10.2 Å². The minimum atomic E-state index is 0. The Morgan fingerprint density at radius 2 is 2.04 bits per heavy atom. The van der Waals surface area contributed by atoms with Gasteiger partial charge in [-0.05, 0) is 56.6 Å². The molecule has 1 aliphatic heterocycles. The van der Waals surface area contributed by atoms with Gasteiger partial charge in [0.2, 0.25) is 5.91 Å². The predicted molar refractivity (Wildman–Crippen MR) is 106 cm³/mol. The zero-order valence-electron chi connectivity index (χ0n) is 14.7. The molecule has 1 aliphatic rings. The Bertz CT molecular complexity index is 475. The van der Waals surface area contributed by atoms with Crippen molar-refractivity contribution in [1.29, 1.82) is 0 Å². The summed E-state index contributed by atoms with van der Waals surface area (Å²) in [5, 5.41) is 6.46. The Morgan fingerprint density at radius 1 is 1.29 bits per heavy atom. The average Bonchev–Trinajstić information content (AvgIpc) is 3.04. The second kappa shape index (κ2) is 12.5. The molecule has 1 aromatic carbocycles. The molecular formula is C18H31Cl2N3O. The number of hydrogen-bond acceptors (Lipinski definition) is 3. The second-order valence-corrected chi connectivity index (χ2v) is 6.04. The van der Waals surface area contributed by atoms with Crippen molar-refractivity contribution in [2.24, 2.45) is 0 Å². The van der Waals surface area contributed by atoms with Gasteiger partial charge in [0.15, 0.2) is 0 Å². The maximum absolute atomic E-state index is 12.1. The van der Waals surface area contributed by atoms with Crippen LogP contribution < -0.4 is 10.6 Å². The number of carbonyl (C=O) groups excluding carboxylic acids is 1. The van der Waals surface area contributed by atoms with Gasteiger partial charge in [-0.15, -0.1) is 24.8 Å². The SMILES string of the molecule is CCN(CC)Cc1cccc(NC(=O)CCC2CCCN2)c1.Cl.Cl. The van der Waals surface area contributed by atoms with E-state index in [-0.39, 0.29) is 30.7 Å². The molecular weight excluding hydrogens is 345 g/mol. The molecule has 138 valence electrons. The van der Waals surface area contributed by atoms with Gasteiger partial charge in [-0.3, -0.25) is 9.69 Å². The molecule has 24 heavy (non-hydrogen) atoms. The van der Waals surface area contributed by atoms with E-state index in [1.807, 2.05) is 12.1 Å². The smallest absolute Gasteiger partial charge is 0.224 e. The number of rotatable bonds is 8. The van der Waals surface area contributed by atoms with Crippen LogP contribution in [-0.4, -0.2) is 36.5 Å². The van der Waals surface area contributed by atoms with E-state index in [4.69, 9.17) is 0 Å². The summed E-state index contributed by atoms with van der Waals surface area (Å²) in [4.78, 5) is 14.4. The van der Waals surface area contributed by atoms with E-state index >= 15 is 0 Å². The quantitative estimate of drug-likeness (QED) is 0.725. The van der Waals surface area contributed by atoms with Gasteiger partial charge < -0.3 is 10.6 Å². The molecule has 1 amide bonds. The minimum Gasteiger partial charge on any atom is -0.326 e. The van der Waals surface area contributed by atoms with Crippen LogP contribution in [-0.2, 0) is 11.3 Å². The number of carbonyl (C=O) groups is 1. The fourth-order valence-corrected chi connectivity index (χ4v) is 2.98.